The molecule has 1 aromatic rings. The minimum atomic E-state index is -3.71. The van der Waals surface area contributed by atoms with Crippen LogP contribution in [0.5, 0.6) is 0 Å². The van der Waals surface area contributed by atoms with Crippen molar-refractivity contribution in [2.75, 3.05) is 13.6 Å². The summed E-state index contributed by atoms with van der Waals surface area (Å²) < 4.78 is 26.1. The molecule has 1 amide bonds. The van der Waals surface area contributed by atoms with Crippen molar-refractivity contribution in [3.05, 3.63) is 11.4 Å². The first-order chi connectivity index (χ1) is 9.82. The van der Waals surface area contributed by atoms with Gasteiger partial charge >= 0.3 is 0 Å². The van der Waals surface area contributed by atoms with Gasteiger partial charge in [-0.15, -0.1) is 0 Å². The van der Waals surface area contributed by atoms with Crippen molar-refractivity contribution in [3.63, 3.8) is 0 Å². The zero-order valence-electron chi connectivity index (χ0n) is 12.6. The van der Waals surface area contributed by atoms with E-state index in [1.165, 1.54) is 7.05 Å². The minimum Gasteiger partial charge on any atom is -0.352 e. The van der Waals surface area contributed by atoms with Crippen LogP contribution >= 0.6 is 0 Å². The van der Waals surface area contributed by atoms with E-state index in [1.54, 1.807) is 13.8 Å². The maximum atomic E-state index is 12.5. The second-order valence-electron chi connectivity index (χ2n) is 5.57. The Morgan fingerprint density at radius 1 is 1.38 bits per heavy atom. The van der Waals surface area contributed by atoms with Crippen LogP contribution in [-0.2, 0) is 14.8 Å². The van der Waals surface area contributed by atoms with Gasteiger partial charge in [0.1, 0.15) is 4.90 Å². The Morgan fingerprint density at radius 2 is 2.00 bits per heavy atom. The second kappa shape index (κ2) is 6.15. The van der Waals surface area contributed by atoms with Gasteiger partial charge in [-0.25, -0.2) is 8.42 Å². The SMILES string of the molecule is Cc1n[nH]c(C)c1S(=O)(=O)N(C)CC(=O)NC1CCCC1. The van der Waals surface area contributed by atoms with E-state index in [0.29, 0.717) is 11.4 Å². The van der Waals surface area contributed by atoms with Crippen LogP contribution in [0.4, 0.5) is 0 Å². The minimum absolute atomic E-state index is 0.152. The normalized spacial score (nSPS) is 16.6. The second-order valence-corrected chi connectivity index (χ2v) is 7.55. The topological polar surface area (TPSA) is 95.2 Å². The van der Waals surface area contributed by atoms with Gasteiger partial charge in [0.05, 0.1) is 17.9 Å². The van der Waals surface area contributed by atoms with Crippen LogP contribution in [0.1, 0.15) is 37.1 Å². The van der Waals surface area contributed by atoms with Crippen molar-refractivity contribution in [1.29, 1.82) is 0 Å². The van der Waals surface area contributed by atoms with E-state index in [-0.39, 0.29) is 23.4 Å². The highest BCUT2D eigenvalue weighted by Gasteiger charge is 2.29. The van der Waals surface area contributed by atoms with Gasteiger partial charge < -0.3 is 5.32 Å². The fraction of sp³-hybridized carbons (Fsp3) is 0.692. The number of amides is 1. The third-order valence-electron chi connectivity index (χ3n) is 3.82. The van der Waals surface area contributed by atoms with Crippen molar-refractivity contribution in [3.8, 4) is 0 Å². The average Bonchev–Trinajstić information content (AvgIpc) is 2.99. The first-order valence-corrected chi connectivity index (χ1v) is 8.53. The van der Waals surface area contributed by atoms with Crippen molar-refractivity contribution >= 4 is 15.9 Å². The Kier molecular flexibility index (Phi) is 4.67. The summed E-state index contributed by atoms with van der Waals surface area (Å²) in [5.41, 5.74) is 0.895. The molecule has 8 heteroatoms. The number of aromatic amines is 1. The highest BCUT2D eigenvalue weighted by molar-refractivity contribution is 7.89. The molecule has 0 unspecified atom stereocenters. The molecule has 1 fully saturated rings. The number of aromatic nitrogens is 2. The van der Waals surface area contributed by atoms with Gasteiger partial charge in [-0.1, -0.05) is 12.8 Å². The zero-order valence-corrected chi connectivity index (χ0v) is 13.5. The lowest BCUT2D eigenvalue weighted by Crippen LogP contribution is -2.42. The molecule has 1 heterocycles. The molecule has 1 aromatic heterocycles. The molecule has 2 N–H and O–H groups in total. The fourth-order valence-corrected chi connectivity index (χ4v) is 4.16. The van der Waals surface area contributed by atoms with Crippen LogP contribution in [0.2, 0.25) is 0 Å². The number of rotatable bonds is 5. The van der Waals surface area contributed by atoms with Gasteiger partial charge in [-0.3, -0.25) is 9.89 Å². The Morgan fingerprint density at radius 3 is 2.52 bits per heavy atom. The number of nitrogens with one attached hydrogen (secondary N) is 2. The van der Waals surface area contributed by atoms with E-state index in [4.69, 9.17) is 0 Å². The summed E-state index contributed by atoms with van der Waals surface area (Å²) in [6.07, 6.45) is 4.18. The molecule has 0 aliphatic heterocycles. The van der Waals surface area contributed by atoms with Gasteiger partial charge in [-0.05, 0) is 26.7 Å². The molecule has 0 radical (unpaired) electrons. The van der Waals surface area contributed by atoms with Crippen LogP contribution in [0.3, 0.4) is 0 Å². The summed E-state index contributed by atoms with van der Waals surface area (Å²) in [7, 11) is -2.29. The van der Waals surface area contributed by atoms with E-state index in [2.05, 4.69) is 15.5 Å². The molecule has 0 aromatic carbocycles. The van der Waals surface area contributed by atoms with Crippen molar-refractivity contribution in [2.45, 2.75) is 50.5 Å². The smallest absolute Gasteiger partial charge is 0.246 e. The highest BCUT2D eigenvalue weighted by Crippen LogP contribution is 2.21. The largest absolute Gasteiger partial charge is 0.352 e. The molecule has 0 atom stereocenters. The maximum absolute atomic E-state index is 12.5. The quantitative estimate of drug-likeness (QED) is 0.836. The first kappa shape index (κ1) is 16.0. The molecule has 0 spiro atoms. The average molecular weight is 314 g/mol. The fourth-order valence-electron chi connectivity index (χ4n) is 2.71. The summed E-state index contributed by atoms with van der Waals surface area (Å²) in [5, 5.41) is 9.44. The highest BCUT2D eigenvalue weighted by atomic mass is 32.2. The van der Waals surface area contributed by atoms with Gasteiger partial charge in [0.25, 0.3) is 0 Å². The maximum Gasteiger partial charge on any atom is 0.246 e. The van der Waals surface area contributed by atoms with Crippen molar-refractivity contribution in [2.24, 2.45) is 0 Å². The molecule has 0 bridgehead atoms. The molecule has 0 saturated heterocycles. The predicted octanol–water partition coefficient (Wildman–Crippen LogP) is 0.706. The summed E-state index contributed by atoms with van der Waals surface area (Å²) >= 11 is 0. The number of nitrogens with zero attached hydrogens (tertiary/aromatic N) is 2. The van der Waals surface area contributed by atoms with Crippen molar-refractivity contribution in [1.82, 2.24) is 19.8 Å². The Bertz CT molecular complexity index is 598. The Hall–Kier alpha value is -1.41. The van der Waals surface area contributed by atoms with E-state index < -0.39 is 10.0 Å². The Balaban J connectivity index is 2.05. The van der Waals surface area contributed by atoms with Crippen LogP contribution in [0, 0.1) is 13.8 Å². The van der Waals surface area contributed by atoms with Crippen LogP contribution in [-0.4, -0.2) is 48.5 Å². The van der Waals surface area contributed by atoms with E-state index in [9.17, 15) is 13.2 Å². The number of carbonyl (C=O) groups is 1. The number of hydrogen-bond donors (Lipinski definition) is 2. The molecule has 21 heavy (non-hydrogen) atoms. The molecule has 2 rings (SSSR count). The van der Waals surface area contributed by atoms with E-state index in [1.807, 2.05) is 0 Å². The van der Waals surface area contributed by atoms with Crippen LogP contribution in [0.25, 0.3) is 0 Å². The summed E-state index contributed by atoms with van der Waals surface area (Å²) in [6, 6.07) is 0.186. The molecular formula is C13H22N4O3S. The lowest BCUT2D eigenvalue weighted by atomic mass is 10.2. The monoisotopic (exact) mass is 314 g/mol. The van der Waals surface area contributed by atoms with Crippen molar-refractivity contribution < 1.29 is 13.2 Å². The number of aryl methyl sites for hydroxylation is 2. The molecule has 1 aliphatic rings. The lowest BCUT2D eigenvalue weighted by molar-refractivity contribution is -0.121. The van der Waals surface area contributed by atoms with Gasteiger partial charge in [0.2, 0.25) is 15.9 Å². The summed E-state index contributed by atoms with van der Waals surface area (Å²) in [5.74, 6) is -0.258. The van der Waals surface area contributed by atoms with Gasteiger partial charge in [0.15, 0.2) is 0 Å². The van der Waals surface area contributed by atoms with Gasteiger partial charge in [-0.2, -0.15) is 9.40 Å². The van der Waals surface area contributed by atoms with Crippen LogP contribution in [0.15, 0.2) is 4.90 Å². The zero-order chi connectivity index (χ0) is 15.6. The predicted molar refractivity (Wildman–Crippen MR) is 78.3 cm³/mol. The molecule has 7 nitrogen and oxygen atoms in total. The third-order valence-corrected chi connectivity index (χ3v) is 5.88. The Labute approximate surface area is 125 Å². The first-order valence-electron chi connectivity index (χ1n) is 7.09. The summed E-state index contributed by atoms with van der Waals surface area (Å²) in [4.78, 5) is 12.1. The molecule has 118 valence electrons. The number of hydrogen-bond acceptors (Lipinski definition) is 4. The van der Waals surface area contributed by atoms with Gasteiger partial charge in [0, 0.05) is 13.1 Å². The lowest BCUT2D eigenvalue weighted by Gasteiger charge is -2.18. The van der Waals surface area contributed by atoms with E-state index in [0.717, 1.165) is 30.0 Å². The number of H-pyrrole nitrogens is 1. The molecule has 1 saturated carbocycles. The van der Waals surface area contributed by atoms with E-state index >= 15 is 0 Å². The standard InChI is InChI=1S/C13H22N4O3S/c1-9-13(10(2)16-15-9)21(19,20)17(3)8-12(18)14-11-6-4-5-7-11/h11H,4-8H2,1-3H3,(H,14,18)(H,15,16). The number of sulfonamides is 1. The molecular weight excluding hydrogens is 292 g/mol. The number of likely N-dealkylation sites (N-methyl/N-ethyl adjacent to an activating group) is 1. The van der Waals surface area contributed by atoms with Crippen LogP contribution < -0.4 is 5.32 Å². The molecule has 1 aliphatic carbocycles. The third kappa shape index (κ3) is 3.44. The summed E-state index contributed by atoms with van der Waals surface area (Å²) in [6.45, 7) is 3.10. The number of carbonyl (C=O) groups excluding carboxylic acids is 1.